The molecule has 0 aliphatic heterocycles. The predicted molar refractivity (Wildman–Crippen MR) is 74.7 cm³/mol. The predicted octanol–water partition coefficient (Wildman–Crippen LogP) is 2.25. The van der Waals surface area contributed by atoms with Crippen molar-refractivity contribution >= 4 is 5.71 Å². The molecule has 0 aliphatic carbocycles. The van der Waals surface area contributed by atoms with Crippen molar-refractivity contribution in [2.75, 3.05) is 28.3 Å². The molecular weight excluding hydrogens is 242 g/mol. The van der Waals surface area contributed by atoms with Crippen molar-refractivity contribution in [1.82, 2.24) is 5.01 Å². The Labute approximate surface area is 114 Å². The van der Waals surface area contributed by atoms with Crippen LogP contribution in [-0.2, 0) is 0 Å². The molecule has 1 atom stereocenters. The highest BCUT2D eigenvalue weighted by Crippen LogP contribution is 2.31. The molecule has 1 rings (SSSR count). The molecule has 0 amide bonds. The topological polar surface area (TPSA) is 57.8 Å². The van der Waals surface area contributed by atoms with Crippen LogP contribution >= 0.6 is 0 Å². The lowest BCUT2D eigenvalue weighted by Crippen LogP contribution is -2.13. The van der Waals surface area contributed by atoms with Gasteiger partial charge in [0.1, 0.15) is 5.92 Å². The number of benzene rings is 1. The van der Waals surface area contributed by atoms with Crippen molar-refractivity contribution in [3.05, 3.63) is 23.8 Å². The SMILES string of the molecule is COc1ccc(C(C#N)/C(C)=N/N(C)C)cc1OC. The van der Waals surface area contributed by atoms with Gasteiger partial charge in [-0.25, -0.2) is 0 Å². The number of nitrogens with zero attached hydrogens (tertiary/aromatic N) is 3. The summed E-state index contributed by atoms with van der Waals surface area (Å²) in [6, 6.07) is 7.71. The summed E-state index contributed by atoms with van der Waals surface area (Å²) in [6.07, 6.45) is 0. The Morgan fingerprint density at radius 1 is 1.26 bits per heavy atom. The first-order chi connectivity index (χ1) is 9.03. The molecule has 0 spiro atoms. The first-order valence-electron chi connectivity index (χ1n) is 5.87. The van der Waals surface area contributed by atoms with Gasteiger partial charge in [-0.15, -0.1) is 0 Å². The first-order valence-corrected chi connectivity index (χ1v) is 5.87. The van der Waals surface area contributed by atoms with Gasteiger partial charge in [-0.3, -0.25) is 0 Å². The first kappa shape index (κ1) is 14.8. The third kappa shape index (κ3) is 3.62. The number of nitriles is 1. The van der Waals surface area contributed by atoms with E-state index in [0.29, 0.717) is 11.5 Å². The van der Waals surface area contributed by atoms with Crippen LogP contribution in [-0.4, -0.2) is 39.0 Å². The molecule has 0 heterocycles. The van der Waals surface area contributed by atoms with Crippen molar-refractivity contribution in [2.45, 2.75) is 12.8 Å². The molecule has 0 saturated carbocycles. The molecule has 0 aromatic heterocycles. The Balaban J connectivity index is 3.17. The Kier molecular flexibility index (Phi) is 5.19. The van der Waals surface area contributed by atoms with Crippen LogP contribution in [0.3, 0.4) is 0 Å². The van der Waals surface area contributed by atoms with E-state index in [1.807, 2.05) is 27.1 Å². The van der Waals surface area contributed by atoms with Gasteiger partial charge in [-0.05, 0) is 24.6 Å². The summed E-state index contributed by atoms with van der Waals surface area (Å²) in [5.74, 6) is 0.852. The monoisotopic (exact) mass is 261 g/mol. The molecule has 1 unspecified atom stereocenters. The quantitative estimate of drug-likeness (QED) is 0.602. The summed E-state index contributed by atoms with van der Waals surface area (Å²) in [6.45, 7) is 1.84. The molecule has 0 fully saturated rings. The largest absolute Gasteiger partial charge is 0.493 e. The zero-order valence-electron chi connectivity index (χ0n) is 12.0. The average Bonchev–Trinajstić information content (AvgIpc) is 2.38. The maximum atomic E-state index is 9.33. The minimum absolute atomic E-state index is 0.401. The number of methoxy groups -OCH3 is 2. The van der Waals surface area contributed by atoms with E-state index in [4.69, 9.17) is 9.47 Å². The van der Waals surface area contributed by atoms with Crippen LogP contribution in [0.2, 0.25) is 0 Å². The molecule has 5 nitrogen and oxygen atoms in total. The minimum Gasteiger partial charge on any atom is -0.493 e. The molecular formula is C14H19N3O2. The highest BCUT2D eigenvalue weighted by molar-refractivity contribution is 5.91. The van der Waals surface area contributed by atoms with Gasteiger partial charge in [0, 0.05) is 14.1 Å². The second-order valence-corrected chi connectivity index (χ2v) is 4.27. The minimum atomic E-state index is -0.401. The summed E-state index contributed by atoms with van der Waals surface area (Å²) in [5, 5.41) is 15.3. The molecule has 5 heteroatoms. The number of ether oxygens (including phenoxy) is 2. The Hall–Kier alpha value is -2.22. The summed E-state index contributed by atoms with van der Waals surface area (Å²) in [5.41, 5.74) is 1.57. The number of hydrogen-bond acceptors (Lipinski definition) is 5. The summed E-state index contributed by atoms with van der Waals surface area (Å²) < 4.78 is 10.4. The highest BCUT2D eigenvalue weighted by atomic mass is 16.5. The third-order valence-electron chi connectivity index (χ3n) is 2.65. The van der Waals surface area contributed by atoms with Gasteiger partial charge in [0.2, 0.25) is 0 Å². The fraction of sp³-hybridized carbons (Fsp3) is 0.429. The highest BCUT2D eigenvalue weighted by Gasteiger charge is 2.17. The summed E-state index contributed by atoms with van der Waals surface area (Å²) in [7, 11) is 6.81. The van der Waals surface area contributed by atoms with E-state index < -0.39 is 5.92 Å². The van der Waals surface area contributed by atoms with Gasteiger partial charge in [-0.1, -0.05) is 6.07 Å². The number of hydrogen-bond donors (Lipinski definition) is 0. The van der Waals surface area contributed by atoms with Crippen molar-refractivity contribution in [2.24, 2.45) is 5.10 Å². The molecule has 0 saturated heterocycles. The molecule has 0 aliphatic rings. The van der Waals surface area contributed by atoms with Crippen molar-refractivity contribution in [3.8, 4) is 17.6 Å². The molecule has 1 aromatic carbocycles. The maximum Gasteiger partial charge on any atom is 0.161 e. The van der Waals surface area contributed by atoms with Crippen molar-refractivity contribution in [1.29, 1.82) is 5.26 Å². The van der Waals surface area contributed by atoms with E-state index in [9.17, 15) is 5.26 Å². The van der Waals surface area contributed by atoms with Crippen molar-refractivity contribution in [3.63, 3.8) is 0 Å². The standard InChI is InChI=1S/C14H19N3O2/c1-10(16-17(2)3)12(9-15)11-6-7-13(18-4)14(8-11)19-5/h6-8,12H,1-5H3/b16-10+. The fourth-order valence-corrected chi connectivity index (χ4v) is 1.81. The van der Waals surface area contributed by atoms with Gasteiger partial charge in [0.05, 0.1) is 26.0 Å². The second-order valence-electron chi connectivity index (χ2n) is 4.27. The van der Waals surface area contributed by atoms with Crippen LogP contribution < -0.4 is 9.47 Å². The normalized spacial score (nSPS) is 12.5. The number of hydrazone groups is 1. The molecule has 19 heavy (non-hydrogen) atoms. The molecule has 0 bridgehead atoms. The fourth-order valence-electron chi connectivity index (χ4n) is 1.81. The lowest BCUT2D eigenvalue weighted by molar-refractivity contribution is 0.354. The van der Waals surface area contributed by atoms with Crippen LogP contribution in [0, 0.1) is 11.3 Å². The van der Waals surface area contributed by atoms with Gasteiger partial charge < -0.3 is 14.5 Å². The second kappa shape index (κ2) is 6.64. The molecule has 0 radical (unpaired) electrons. The molecule has 102 valence electrons. The Morgan fingerprint density at radius 2 is 1.89 bits per heavy atom. The third-order valence-corrected chi connectivity index (χ3v) is 2.65. The zero-order chi connectivity index (χ0) is 14.4. The molecule has 0 N–H and O–H groups in total. The van der Waals surface area contributed by atoms with Gasteiger partial charge >= 0.3 is 0 Å². The summed E-state index contributed by atoms with van der Waals surface area (Å²) >= 11 is 0. The van der Waals surface area contributed by atoms with Crippen LogP contribution in [0.4, 0.5) is 0 Å². The van der Waals surface area contributed by atoms with E-state index in [1.165, 1.54) is 0 Å². The van der Waals surface area contributed by atoms with Crippen LogP contribution in [0.15, 0.2) is 23.3 Å². The Morgan fingerprint density at radius 3 is 2.37 bits per heavy atom. The van der Waals surface area contributed by atoms with E-state index in [2.05, 4.69) is 11.2 Å². The smallest absolute Gasteiger partial charge is 0.161 e. The van der Waals surface area contributed by atoms with E-state index in [-0.39, 0.29) is 0 Å². The summed E-state index contributed by atoms with van der Waals surface area (Å²) in [4.78, 5) is 0. The van der Waals surface area contributed by atoms with E-state index >= 15 is 0 Å². The maximum absolute atomic E-state index is 9.33. The van der Waals surface area contributed by atoms with Crippen LogP contribution in [0.5, 0.6) is 11.5 Å². The van der Waals surface area contributed by atoms with Gasteiger partial charge in [0.15, 0.2) is 11.5 Å². The molecule has 1 aromatic rings. The van der Waals surface area contributed by atoms with E-state index in [0.717, 1.165) is 11.3 Å². The van der Waals surface area contributed by atoms with Crippen LogP contribution in [0.1, 0.15) is 18.4 Å². The van der Waals surface area contributed by atoms with Crippen LogP contribution in [0.25, 0.3) is 0 Å². The Bertz CT molecular complexity index is 504. The van der Waals surface area contributed by atoms with Gasteiger partial charge in [-0.2, -0.15) is 10.4 Å². The van der Waals surface area contributed by atoms with E-state index in [1.54, 1.807) is 31.4 Å². The average molecular weight is 261 g/mol. The van der Waals surface area contributed by atoms with Gasteiger partial charge in [0.25, 0.3) is 0 Å². The number of rotatable bonds is 5. The lowest BCUT2D eigenvalue weighted by atomic mass is 9.96. The zero-order valence-corrected chi connectivity index (χ0v) is 12.0. The van der Waals surface area contributed by atoms with Crippen molar-refractivity contribution < 1.29 is 9.47 Å². The lowest BCUT2D eigenvalue weighted by Gasteiger charge is -2.14.